The molecule has 1 saturated heterocycles. The molecule has 78 valence electrons. The Labute approximate surface area is 95.7 Å². The van der Waals surface area contributed by atoms with E-state index in [1.54, 1.807) is 0 Å². The summed E-state index contributed by atoms with van der Waals surface area (Å²) in [5.74, 6) is 0. The predicted octanol–water partition coefficient (Wildman–Crippen LogP) is 3.01. The van der Waals surface area contributed by atoms with Gasteiger partial charge in [0.2, 0.25) is 0 Å². The van der Waals surface area contributed by atoms with E-state index in [1.807, 2.05) is 23.0 Å². The van der Waals surface area contributed by atoms with E-state index in [1.165, 1.54) is 0 Å². The van der Waals surface area contributed by atoms with E-state index in [9.17, 15) is 0 Å². The molecule has 0 aromatic carbocycles. The first-order chi connectivity index (χ1) is 5.87. The Morgan fingerprint density at radius 1 is 1.23 bits per heavy atom. The topological polar surface area (TPSA) is 12.5 Å². The third-order valence-electron chi connectivity index (χ3n) is 2.96. The SMILES string of the molecule is CC1(OI)CCN(C(C)(C)C)CC1. The maximum Gasteiger partial charge on any atom is 0.110 e. The molecule has 13 heavy (non-hydrogen) atoms. The Kier molecular flexibility index (Phi) is 3.63. The summed E-state index contributed by atoms with van der Waals surface area (Å²) in [6.45, 7) is 11.4. The van der Waals surface area contributed by atoms with Crippen molar-refractivity contribution in [3.8, 4) is 0 Å². The molecule has 0 aliphatic carbocycles. The minimum Gasteiger partial charge on any atom is -0.309 e. The summed E-state index contributed by atoms with van der Waals surface area (Å²) in [5.41, 5.74) is 0.426. The van der Waals surface area contributed by atoms with E-state index in [2.05, 4.69) is 32.6 Å². The quantitative estimate of drug-likeness (QED) is 0.690. The Morgan fingerprint density at radius 2 is 1.69 bits per heavy atom. The van der Waals surface area contributed by atoms with Gasteiger partial charge in [-0.2, -0.15) is 0 Å². The van der Waals surface area contributed by atoms with E-state index in [0.717, 1.165) is 25.9 Å². The fraction of sp³-hybridized carbons (Fsp3) is 1.00. The van der Waals surface area contributed by atoms with Gasteiger partial charge in [-0.05, 0) is 40.5 Å². The Hall–Kier alpha value is 0.650. The van der Waals surface area contributed by atoms with Crippen LogP contribution < -0.4 is 0 Å². The summed E-state index contributed by atoms with van der Waals surface area (Å²) < 4.78 is 5.48. The fourth-order valence-corrected chi connectivity index (χ4v) is 2.17. The highest BCUT2D eigenvalue weighted by Gasteiger charge is 2.34. The van der Waals surface area contributed by atoms with Crippen LogP contribution in [0.5, 0.6) is 0 Å². The molecule has 0 aromatic rings. The van der Waals surface area contributed by atoms with Crippen LogP contribution in [0.1, 0.15) is 40.5 Å². The second-order valence-corrected chi connectivity index (χ2v) is 5.63. The number of hydrogen-bond donors (Lipinski definition) is 0. The lowest BCUT2D eigenvalue weighted by molar-refractivity contribution is 0.0138. The zero-order chi connectivity index (χ0) is 10.1. The molecule has 0 aromatic heterocycles. The van der Waals surface area contributed by atoms with Crippen molar-refractivity contribution in [3.63, 3.8) is 0 Å². The second-order valence-electron chi connectivity index (χ2n) is 5.18. The van der Waals surface area contributed by atoms with Gasteiger partial charge in [-0.3, -0.25) is 4.90 Å². The number of nitrogens with zero attached hydrogens (tertiary/aromatic N) is 1. The molecule has 1 aliphatic rings. The number of piperidine rings is 1. The lowest BCUT2D eigenvalue weighted by Gasteiger charge is -2.43. The van der Waals surface area contributed by atoms with Crippen molar-refractivity contribution in [2.45, 2.75) is 51.7 Å². The van der Waals surface area contributed by atoms with Gasteiger partial charge in [0.05, 0.1) is 5.60 Å². The number of rotatable bonds is 1. The molecular weight excluding hydrogens is 277 g/mol. The average Bonchev–Trinajstić information content (AvgIpc) is 2.04. The van der Waals surface area contributed by atoms with Gasteiger partial charge in [0, 0.05) is 18.6 Å². The van der Waals surface area contributed by atoms with Crippen LogP contribution >= 0.6 is 23.0 Å². The van der Waals surface area contributed by atoms with Crippen molar-refractivity contribution >= 4 is 23.0 Å². The zero-order valence-electron chi connectivity index (χ0n) is 9.06. The number of hydrogen-bond acceptors (Lipinski definition) is 2. The summed E-state index contributed by atoms with van der Waals surface area (Å²) in [6.07, 6.45) is 2.29. The fourth-order valence-electron chi connectivity index (χ4n) is 1.73. The van der Waals surface area contributed by atoms with Crippen LogP contribution in [-0.4, -0.2) is 29.1 Å². The Morgan fingerprint density at radius 3 is 2.00 bits per heavy atom. The summed E-state index contributed by atoms with van der Waals surface area (Å²) in [7, 11) is 0. The summed E-state index contributed by atoms with van der Waals surface area (Å²) in [4.78, 5) is 2.53. The maximum absolute atomic E-state index is 5.48. The van der Waals surface area contributed by atoms with Gasteiger partial charge >= 0.3 is 0 Å². The normalized spacial score (nSPS) is 24.7. The molecule has 0 spiro atoms. The highest BCUT2D eigenvalue weighted by atomic mass is 127. The molecule has 0 bridgehead atoms. The first-order valence-corrected chi connectivity index (χ1v) is 5.80. The monoisotopic (exact) mass is 297 g/mol. The van der Waals surface area contributed by atoms with Gasteiger partial charge in [-0.1, -0.05) is 0 Å². The zero-order valence-corrected chi connectivity index (χ0v) is 11.2. The molecule has 0 unspecified atom stereocenters. The number of halogens is 1. The van der Waals surface area contributed by atoms with Crippen molar-refractivity contribution in [1.29, 1.82) is 0 Å². The standard InChI is InChI=1S/C10H20INO/c1-9(2,3)12-7-5-10(4,13-11)6-8-12/h5-8H2,1-4H3. The van der Waals surface area contributed by atoms with Gasteiger partial charge in [-0.15, -0.1) is 0 Å². The third-order valence-corrected chi connectivity index (χ3v) is 4.02. The van der Waals surface area contributed by atoms with Gasteiger partial charge in [-0.25, -0.2) is 0 Å². The molecule has 1 aliphatic heterocycles. The van der Waals surface area contributed by atoms with Gasteiger partial charge in [0.25, 0.3) is 0 Å². The average molecular weight is 297 g/mol. The van der Waals surface area contributed by atoms with Gasteiger partial charge < -0.3 is 3.07 Å². The van der Waals surface area contributed by atoms with Crippen molar-refractivity contribution in [1.82, 2.24) is 4.90 Å². The van der Waals surface area contributed by atoms with Crippen molar-refractivity contribution in [2.24, 2.45) is 0 Å². The second kappa shape index (κ2) is 4.03. The summed E-state index contributed by atoms with van der Waals surface area (Å²) in [6, 6.07) is 0. The molecule has 1 fully saturated rings. The third kappa shape index (κ3) is 3.06. The van der Waals surface area contributed by atoms with E-state index in [0.29, 0.717) is 5.54 Å². The first kappa shape index (κ1) is 11.7. The molecule has 3 heteroatoms. The van der Waals surface area contributed by atoms with Crippen LogP contribution in [0.15, 0.2) is 0 Å². The van der Waals surface area contributed by atoms with Gasteiger partial charge in [0.15, 0.2) is 0 Å². The molecular formula is C10H20INO. The smallest absolute Gasteiger partial charge is 0.110 e. The van der Waals surface area contributed by atoms with Crippen LogP contribution in [0.2, 0.25) is 0 Å². The largest absolute Gasteiger partial charge is 0.309 e. The molecule has 1 heterocycles. The molecule has 0 amide bonds. The maximum atomic E-state index is 5.48. The van der Waals surface area contributed by atoms with E-state index < -0.39 is 0 Å². The van der Waals surface area contributed by atoms with Crippen LogP contribution in [-0.2, 0) is 3.07 Å². The molecule has 0 radical (unpaired) electrons. The van der Waals surface area contributed by atoms with Crippen LogP contribution in [0.3, 0.4) is 0 Å². The van der Waals surface area contributed by atoms with Crippen LogP contribution in [0.4, 0.5) is 0 Å². The molecule has 2 nitrogen and oxygen atoms in total. The van der Waals surface area contributed by atoms with E-state index >= 15 is 0 Å². The number of likely N-dealkylation sites (tertiary alicyclic amines) is 1. The minimum atomic E-state index is 0.113. The highest BCUT2D eigenvalue weighted by Crippen LogP contribution is 2.30. The first-order valence-electron chi connectivity index (χ1n) is 4.92. The Balaban J connectivity index is 2.48. The van der Waals surface area contributed by atoms with E-state index in [4.69, 9.17) is 3.07 Å². The van der Waals surface area contributed by atoms with Crippen LogP contribution in [0.25, 0.3) is 0 Å². The van der Waals surface area contributed by atoms with Crippen molar-refractivity contribution in [2.75, 3.05) is 13.1 Å². The molecule has 0 saturated carbocycles. The lowest BCUT2D eigenvalue weighted by Crippen LogP contribution is -2.50. The molecule has 0 N–H and O–H groups in total. The van der Waals surface area contributed by atoms with Crippen molar-refractivity contribution in [3.05, 3.63) is 0 Å². The summed E-state index contributed by atoms with van der Waals surface area (Å²) in [5, 5.41) is 0. The summed E-state index contributed by atoms with van der Waals surface area (Å²) >= 11 is 2.03. The molecule has 1 rings (SSSR count). The highest BCUT2D eigenvalue weighted by molar-refractivity contribution is 14.1. The van der Waals surface area contributed by atoms with E-state index in [-0.39, 0.29) is 5.60 Å². The predicted molar refractivity (Wildman–Crippen MR) is 64.1 cm³/mol. The molecule has 0 atom stereocenters. The minimum absolute atomic E-state index is 0.113. The Bertz CT molecular complexity index is 168. The van der Waals surface area contributed by atoms with Crippen LogP contribution in [0, 0.1) is 0 Å². The van der Waals surface area contributed by atoms with Gasteiger partial charge in [0.1, 0.15) is 23.0 Å². The lowest BCUT2D eigenvalue weighted by atomic mass is 9.91. The van der Waals surface area contributed by atoms with Crippen molar-refractivity contribution < 1.29 is 3.07 Å².